The molecule has 1 aromatic heterocycles. The highest BCUT2D eigenvalue weighted by Crippen LogP contribution is 2.33. The average Bonchev–Trinajstić information content (AvgIpc) is 2.85. The van der Waals surface area contributed by atoms with Gasteiger partial charge in [-0.15, -0.1) is 0 Å². The molecule has 0 radical (unpaired) electrons. The number of hydrogen-bond acceptors (Lipinski definition) is 3. The second-order valence-corrected chi connectivity index (χ2v) is 5.80. The predicted octanol–water partition coefficient (Wildman–Crippen LogP) is 3.79. The Morgan fingerprint density at radius 2 is 1.62 bits per heavy atom. The first kappa shape index (κ1) is 13.9. The molecule has 1 heterocycles. The van der Waals surface area contributed by atoms with Crippen molar-refractivity contribution in [3.8, 4) is 5.69 Å². The Balaban J connectivity index is 2.09. The van der Waals surface area contributed by atoms with Crippen LogP contribution in [-0.4, -0.2) is 9.78 Å². The number of aromatic nitrogens is 2. The quantitative estimate of drug-likeness (QED) is 0.796. The van der Waals surface area contributed by atoms with E-state index in [2.05, 4.69) is 29.4 Å². The zero-order valence-corrected chi connectivity index (χ0v) is 12.7. The molecule has 2 aromatic carbocycles. The Kier molecular flexibility index (Phi) is 4.08. The lowest BCUT2D eigenvalue weighted by Gasteiger charge is -2.08. The van der Waals surface area contributed by atoms with Crippen molar-refractivity contribution < 1.29 is 0 Å². The van der Waals surface area contributed by atoms with E-state index in [1.165, 1.54) is 4.90 Å². The predicted molar refractivity (Wildman–Crippen MR) is 86.8 cm³/mol. The van der Waals surface area contributed by atoms with Gasteiger partial charge in [-0.2, -0.15) is 5.10 Å². The van der Waals surface area contributed by atoms with Crippen molar-refractivity contribution in [3.05, 3.63) is 71.9 Å². The van der Waals surface area contributed by atoms with Crippen LogP contribution >= 0.6 is 11.8 Å². The van der Waals surface area contributed by atoms with E-state index in [-0.39, 0.29) is 0 Å². The summed E-state index contributed by atoms with van der Waals surface area (Å²) < 4.78 is 1.98. The van der Waals surface area contributed by atoms with E-state index < -0.39 is 0 Å². The fourth-order valence-corrected chi connectivity index (χ4v) is 3.33. The number of nitrogens with zero attached hydrogens (tertiary/aromatic N) is 2. The molecular weight excluding hydrogens is 278 g/mol. The summed E-state index contributed by atoms with van der Waals surface area (Å²) in [5, 5.41) is 5.75. The molecule has 21 heavy (non-hydrogen) atoms. The number of hydrogen-bond donors (Lipinski definition) is 1. The van der Waals surface area contributed by atoms with Crippen LogP contribution in [0.5, 0.6) is 0 Å². The maximum Gasteiger partial charge on any atom is 0.109 e. The molecule has 0 saturated heterocycles. The number of para-hydroxylation sites is 1. The smallest absolute Gasteiger partial charge is 0.109 e. The van der Waals surface area contributed by atoms with E-state index in [4.69, 9.17) is 5.73 Å². The number of benzene rings is 2. The summed E-state index contributed by atoms with van der Waals surface area (Å²) in [6.07, 6.45) is 0. The second kappa shape index (κ2) is 6.16. The third kappa shape index (κ3) is 2.86. The van der Waals surface area contributed by atoms with Crippen LogP contribution in [-0.2, 0) is 6.54 Å². The van der Waals surface area contributed by atoms with Gasteiger partial charge in [-0.1, -0.05) is 48.2 Å². The van der Waals surface area contributed by atoms with Gasteiger partial charge in [-0.25, -0.2) is 4.68 Å². The summed E-state index contributed by atoms with van der Waals surface area (Å²) >= 11 is 1.70. The van der Waals surface area contributed by atoms with Crippen LogP contribution in [0, 0.1) is 6.92 Å². The molecule has 0 aliphatic rings. The molecule has 0 aliphatic heterocycles. The van der Waals surface area contributed by atoms with Gasteiger partial charge in [0.2, 0.25) is 0 Å². The Bertz CT molecular complexity index is 721. The first-order valence-electron chi connectivity index (χ1n) is 6.86. The Hall–Kier alpha value is -2.04. The maximum absolute atomic E-state index is 5.93. The second-order valence-electron chi connectivity index (χ2n) is 4.74. The molecule has 3 aromatic rings. The van der Waals surface area contributed by atoms with Crippen LogP contribution in [0.1, 0.15) is 11.3 Å². The van der Waals surface area contributed by atoms with Gasteiger partial charge in [0.1, 0.15) is 5.03 Å². The molecule has 3 nitrogen and oxygen atoms in total. The highest BCUT2D eigenvalue weighted by atomic mass is 32.2. The number of aryl methyl sites for hydroxylation is 1. The molecule has 4 heteroatoms. The molecule has 0 amide bonds. The molecule has 0 unspecified atom stereocenters. The van der Waals surface area contributed by atoms with Gasteiger partial charge >= 0.3 is 0 Å². The maximum atomic E-state index is 5.93. The number of rotatable bonds is 4. The van der Waals surface area contributed by atoms with Gasteiger partial charge in [0, 0.05) is 17.0 Å². The topological polar surface area (TPSA) is 43.8 Å². The highest BCUT2D eigenvalue weighted by molar-refractivity contribution is 7.99. The molecule has 106 valence electrons. The zero-order chi connectivity index (χ0) is 14.7. The van der Waals surface area contributed by atoms with Crippen molar-refractivity contribution in [2.45, 2.75) is 23.4 Å². The van der Waals surface area contributed by atoms with E-state index >= 15 is 0 Å². The molecule has 0 saturated carbocycles. The molecular formula is C17H17N3S. The van der Waals surface area contributed by atoms with Gasteiger partial charge < -0.3 is 5.73 Å². The van der Waals surface area contributed by atoms with Crippen LogP contribution in [0.15, 0.2) is 70.6 Å². The van der Waals surface area contributed by atoms with E-state index in [1.807, 2.05) is 48.0 Å². The summed E-state index contributed by atoms with van der Waals surface area (Å²) in [5.41, 5.74) is 9.07. The van der Waals surface area contributed by atoms with E-state index in [9.17, 15) is 0 Å². The van der Waals surface area contributed by atoms with Crippen LogP contribution in [0.3, 0.4) is 0 Å². The minimum absolute atomic E-state index is 0.494. The largest absolute Gasteiger partial charge is 0.326 e. The Morgan fingerprint density at radius 1 is 1.00 bits per heavy atom. The lowest BCUT2D eigenvalue weighted by Crippen LogP contribution is -2.01. The molecule has 3 rings (SSSR count). The summed E-state index contributed by atoms with van der Waals surface area (Å²) in [5.74, 6) is 0. The van der Waals surface area contributed by atoms with E-state index in [1.54, 1.807) is 11.8 Å². The van der Waals surface area contributed by atoms with E-state index in [0.717, 1.165) is 22.0 Å². The minimum atomic E-state index is 0.494. The van der Waals surface area contributed by atoms with Crippen molar-refractivity contribution in [3.63, 3.8) is 0 Å². The van der Waals surface area contributed by atoms with Gasteiger partial charge in [0.25, 0.3) is 0 Å². The standard InChI is InChI=1S/C17H17N3S/c1-13-16(12-18)17(21-15-10-6-3-7-11-15)20(19-13)14-8-4-2-5-9-14/h2-11H,12,18H2,1H3. The van der Waals surface area contributed by atoms with Crippen molar-refractivity contribution in [2.75, 3.05) is 0 Å². The summed E-state index contributed by atoms with van der Waals surface area (Å²) in [4.78, 5) is 1.18. The Morgan fingerprint density at radius 3 is 2.24 bits per heavy atom. The fraction of sp³-hybridized carbons (Fsp3) is 0.118. The van der Waals surface area contributed by atoms with Crippen LogP contribution in [0.4, 0.5) is 0 Å². The van der Waals surface area contributed by atoms with Gasteiger partial charge in [0.05, 0.1) is 11.4 Å². The van der Waals surface area contributed by atoms with Crippen LogP contribution in [0.25, 0.3) is 5.69 Å². The molecule has 2 N–H and O–H groups in total. The zero-order valence-electron chi connectivity index (χ0n) is 11.9. The molecule has 0 atom stereocenters. The SMILES string of the molecule is Cc1nn(-c2ccccc2)c(Sc2ccccc2)c1CN. The van der Waals surface area contributed by atoms with Gasteiger partial charge in [-0.05, 0) is 31.2 Å². The average molecular weight is 295 g/mol. The molecule has 0 aliphatic carbocycles. The molecule has 0 spiro atoms. The third-order valence-corrected chi connectivity index (χ3v) is 4.42. The first-order chi connectivity index (χ1) is 10.3. The van der Waals surface area contributed by atoms with Crippen molar-refractivity contribution in [1.82, 2.24) is 9.78 Å². The van der Waals surface area contributed by atoms with Gasteiger partial charge in [-0.3, -0.25) is 0 Å². The molecule has 0 bridgehead atoms. The molecule has 0 fully saturated rings. The lowest BCUT2D eigenvalue weighted by atomic mass is 10.3. The first-order valence-corrected chi connectivity index (χ1v) is 7.68. The normalized spacial score (nSPS) is 10.8. The van der Waals surface area contributed by atoms with E-state index in [0.29, 0.717) is 6.54 Å². The summed E-state index contributed by atoms with van der Waals surface area (Å²) in [6.45, 7) is 2.50. The van der Waals surface area contributed by atoms with Gasteiger partial charge in [0.15, 0.2) is 0 Å². The number of nitrogens with two attached hydrogens (primary N) is 1. The minimum Gasteiger partial charge on any atom is -0.326 e. The lowest BCUT2D eigenvalue weighted by molar-refractivity contribution is 0.788. The summed E-state index contributed by atoms with van der Waals surface area (Å²) in [6, 6.07) is 20.5. The summed E-state index contributed by atoms with van der Waals surface area (Å²) in [7, 11) is 0. The highest BCUT2D eigenvalue weighted by Gasteiger charge is 2.16. The third-order valence-electron chi connectivity index (χ3n) is 3.30. The van der Waals surface area contributed by atoms with Crippen molar-refractivity contribution in [2.24, 2.45) is 5.73 Å². The monoisotopic (exact) mass is 295 g/mol. The fourth-order valence-electron chi connectivity index (χ4n) is 2.22. The van der Waals surface area contributed by atoms with Crippen molar-refractivity contribution in [1.29, 1.82) is 0 Å². The van der Waals surface area contributed by atoms with Crippen molar-refractivity contribution >= 4 is 11.8 Å². The Labute approximate surface area is 128 Å². The van der Waals surface area contributed by atoms with Crippen LogP contribution in [0.2, 0.25) is 0 Å². The van der Waals surface area contributed by atoms with Crippen LogP contribution < -0.4 is 5.73 Å².